The summed E-state index contributed by atoms with van der Waals surface area (Å²) >= 11 is 0. The van der Waals surface area contributed by atoms with Gasteiger partial charge in [0.05, 0.1) is 5.54 Å². The Morgan fingerprint density at radius 3 is 2.21 bits per heavy atom. The molecule has 0 bridgehead atoms. The Morgan fingerprint density at radius 2 is 1.79 bits per heavy atom. The molecule has 1 saturated heterocycles. The van der Waals surface area contributed by atoms with Gasteiger partial charge in [-0.15, -0.1) is 0 Å². The van der Waals surface area contributed by atoms with E-state index in [9.17, 15) is 4.79 Å². The van der Waals surface area contributed by atoms with Crippen LogP contribution in [0.3, 0.4) is 0 Å². The molecule has 1 unspecified atom stereocenters. The molecule has 1 aliphatic rings. The maximum atomic E-state index is 12.2. The van der Waals surface area contributed by atoms with Crippen LogP contribution in [0.25, 0.3) is 0 Å². The van der Waals surface area contributed by atoms with E-state index in [0.29, 0.717) is 24.8 Å². The molecular weight excluding hydrogens is 238 g/mol. The van der Waals surface area contributed by atoms with Crippen molar-refractivity contribution >= 4 is 5.91 Å². The van der Waals surface area contributed by atoms with Crippen LogP contribution in [0.15, 0.2) is 0 Å². The third kappa shape index (κ3) is 4.18. The Morgan fingerprint density at radius 1 is 1.26 bits per heavy atom. The third-order valence-electron chi connectivity index (χ3n) is 4.56. The van der Waals surface area contributed by atoms with Gasteiger partial charge in [0, 0.05) is 12.6 Å². The zero-order chi connectivity index (χ0) is 14.5. The number of likely N-dealkylation sites (tertiary alicyclic amines) is 1. The summed E-state index contributed by atoms with van der Waals surface area (Å²) in [4.78, 5) is 14.7. The van der Waals surface area contributed by atoms with Gasteiger partial charge < -0.3 is 11.1 Å². The van der Waals surface area contributed by atoms with Crippen molar-refractivity contribution in [2.45, 2.75) is 65.0 Å². The van der Waals surface area contributed by atoms with Crippen LogP contribution in [0, 0.1) is 5.92 Å². The summed E-state index contributed by atoms with van der Waals surface area (Å²) < 4.78 is 0. The van der Waals surface area contributed by atoms with E-state index in [2.05, 4.69) is 24.1 Å². The number of rotatable bonds is 7. The third-order valence-corrected chi connectivity index (χ3v) is 4.56. The van der Waals surface area contributed by atoms with Crippen molar-refractivity contribution in [2.75, 3.05) is 19.6 Å². The predicted molar refractivity (Wildman–Crippen MR) is 79.9 cm³/mol. The molecule has 1 aliphatic heterocycles. The van der Waals surface area contributed by atoms with Gasteiger partial charge in [0.2, 0.25) is 5.91 Å². The van der Waals surface area contributed by atoms with Gasteiger partial charge in [0.15, 0.2) is 0 Å². The summed E-state index contributed by atoms with van der Waals surface area (Å²) in [6.45, 7) is 11.4. The molecule has 19 heavy (non-hydrogen) atoms. The van der Waals surface area contributed by atoms with E-state index in [1.54, 1.807) is 0 Å². The molecule has 4 heteroatoms. The summed E-state index contributed by atoms with van der Waals surface area (Å²) in [5.41, 5.74) is 5.43. The van der Waals surface area contributed by atoms with Crippen LogP contribution in [0.5, 0.6) is 0 Å². The van der Waals surface area contributed by atoms with Crippen molar-refractivity contribution in [3.63, 3.8) is 0 Å². The topological polar surface area (TPSA) is 58.4 Å². The van der Waals surface area contributed by atoms with Crippen LogP contribution in [-0.2, 0) is 4.79 Å². The highest BCUT2D eigenvalue weighted by molar-refractivity contribution is 5.85. The van der Waals surface area contributed by atoms with E-state index < -0.39 is 5.54 Å². The molecule has 0 aliphatic carbocycles. The SMILES string of the molecule is CCC(N)(CC)C(=O)NCC(C(C)C)N1CCCC1. The number of nitrogens with one attached hydrogen (secondary N) is 1. The first-order valence-electron chi connectivity index (χ1n) is 7.75. The Hall–Kier alpha value is -0.610. The second kappa shape index (κ2) is 7.25. The van der Waals surface area contributed by atoms with Crippen molar-refractivity contribution in [1.29, 1.82) is 0 Å². The molecule has 1 amide bonds. The van der Waals surface area contributed by atoms with Crippen LogP contribution < -0.4 is 11.1 Å². The second-order valence-corrected chi connectivity index (χ2v) is 6.13. The first kappa shape index (κ1) is 16.4. The standard InChI is InChI=1S/C15H31N3O/c1-5-15(16,6-2)14(19)17-11-13(12(3)4)18-9-7-8-10-18/h12-13H,5-11,16H2,1-4H3,(H,17,19). The van der Waals surface area contributed by atoms with Crippen LogP contribution >= 0.6 is 0 Å². The summed E-state index contributed by atoms with van der Waals surface area (Å²) in [7, 11) is 0. The second-order valence-electron chi connectivity index (χ2n) is 6.13. The number of hydrogen-bond donors (Lipinski definition) is 2. The van der Waals surface area contributed by atoms with Crippen LogP contribution in [0.4, 0.5) is 0 Å². The fraction of sp³-hybridized carbons (Fsp3) is 0.933. The maximum absolute atomic E-state index is 12.2. The van der Waals surface area contributed by atoms with E-state index in [-0.39, 0.29) is 5.91 Å². The average molecular weight is 269 g/mol. The fourth-order valence-corrected chi connectivity index (χ4v) is 2.80. The largest absolute Gasteiger partial charge is 0.353 e. The van der Waals surface area contributed by atoms with E-state index in [0.717, 1.165) is 19.6 Å². The Bertz CT molecular complexity index is 281. The zero-order valence-corrected chi connectivity index (χ0v) is 13.0. The van der Waals surface area contributed by atoms with Crippen molar-refractivity contribution in [3.05, 3.63) is 0 Å². The van der Waals surface area contributed by atoms with Gasteiger partial charge in [-0.25, -0.2) is 0 Å². The molecule has 1 heterocycles. The number of nitrogens with two attached hydrogens (primary N) is 1. The van der Waals surface area contributed by atoms with Gasteiger partial charge in [-0.05, 0) is 44.7 Å². The van der Waals surface area contributed by atoms with E-state index in [1.807, 2.05) is 13.8 Å². The molecule has 3 N–H and O–H groups in total. The smallest absolute Gasteiger partial charge is 0.240 e. The Labute approximate surface area is 118 Å². The monoisotopic (exact) mass is 269 g/mol. The van der Waals surface area contributed by atoms with E-state index in [4.69, 9.17) is 5.73 Å². The van der Waals surface area contributed by atoms with Gasteiger partial charge in [-0.3, -0.25) is 9.69 Å². The Kier molecular flexibility index (Phi) is 6.27. The molecule has 4 nitrogen and oxygen atoms in total. The number of amides is 1. The minimum atomic E-state index is -0.702. The number of carbonyl (C=O) groups excluding carboxylic acids is 1. The zero-order valence-electron chi connectivity index (χ0n) is 13.0. The van der Waals surface area contributed by atoms with Crippen LogP contribution in [0.1, 0.15) is 53.4 Å². The van der Waals surface area contributed by atoms with E-state index >= 15 is 0 Å². The van der Waals surface area contributed by atoms with Gasteiger partial charge in [0.25, 0.3) is 0 Å². The summed E-state index contributed by atoms with van der Waals surface area (Å²) in [6.07, 6.45) is 3.93. The molecule has 0 aromatic carbocycles. The molecule has 0 spiro atoms. The van der Waals surface area contributed by atoms with Crippen molar-refractivity contribution in [2.24, 2.45) is 11.7 Å². The highest BCUT2D eigenvalue weighted by Gasteiger charge is 2.31. The van der Waals surface area contributed by atoms with Crippen LogP contribution in [0.2, 0.25) is 0 Å². The lowest BCUT2D eigenvalue weighted by Gasteiger charge is -2.33. The maximum Gasteiger partial charge on any atom is 0.240 e. The molecule has 1 atom stereocenters. The highest BCUT2D eigenvalue weighted by atomic mass is 16.2. The summed E-state index contributed by atoms with van der Waals surface area (Å²) in [6, 6.07) is 0.435. The molecule has 0 saturated carbocycles. The number of hydrogen-bond acceptors (Lipinski definition) is 3. The van der Waals surface area contributed by atoms with E-state index in [1.165, 1.54) is 12.8 Å². The molecule has 0 aromatic rings. The van der Waals surface area contributed by atoms with Gasteiger partial charge in [-0.1, -0.05) is 27.7 Å². The fourth-order valence-electron chi connectivity index (χ4n) is 2.80. The molecule has 1 fully saturated rings. The summed E-state index contributed by atoms with van der Waals surface area (Å²) in [5, 5.41) is 3.08. The summed E-state index contributed by atoms with van der Waals surface area (Å²) in [5.74, 6) is 0.552. The molecule has 112 valence electrons. The normalized spacial score (nSPS) is 18.8. The first-order valence-corrected chi connectivity index (χ1v) is 7.75. The van der Waals surface area contributed by atoms with Gasteiger partial charge in [0.1, 0.15) is 0 Å². The lowest BCUT2D eigenvalue weighted by molar-refractivity contribution is -0.126. The first-order chi connectivity index (χ1) is 8.94. The molecule has 1 rings (SSSR count). The quantitative estimate of drug-likeness (QED) is 0.740. The minimum absolute atomic E-state index is 0.00217. The molecule has 0 radical (unpaired) electrons. The molecule has 0 aromatic heterocycles. The van der Waals surface area contributed by atoms with Crippen molar-refractivity contribution < 1.29 is 4.79 Å². The van der Waals surface area contributed by atoms with Gasteiger partial charge >= 0.3 is 0 Å². The minimum Gasteiger partial charge on any atom is -0.353 e. The lowest BCUT2D eigenvalue weighted by Crippen LogP contribution is -2.56. The number of carbonyl (C=O) groups is 1. The lowest BCUT2D eigenvalue weighted by atomic mass is 9.93. The van der Waals surface area contributed by atoms with Crippen molar-refractivity contribution in [3.8, 4) is 0 Å². The van der Waals surface area contributed by atoms with Gasteiger partial charge in [-0.2, -0.15) is 0 Å². The highest BCUT2D eigenvalue weighted by Crippen LogP contribution is 2.18. The van der Waals surface area contributed by atoms with Crippen molar-refractivity contribution in [1.82, 2.24) is 10.2 Å². The van der Waals surface area contributed by atoms with Crippen LogP contribution in [-0.4, -0.2) is 42.0 Å². The molecular formula is C15H31N3O. The Balaban J connectivity index is 2.54. The average Bonchev–Trinajstić information content (AvgIpc) is 2.91. The number of nitrogens with zero attached hydrogens (tertiary/aromatic N) is 1. The predicted octanol–water partition coefficient (Wildman–Crippen LogP) is 1.74.